The summed E-state index contributed by atoms with van der Waals surface area (Å²) >= 11 is 5.56. The topological polar surface area (TPSA) is 33.0 Å². The summed E-state index contributed by atoms with van der Waals surface area (Å²) in [4.78, 5) is 0. The normalized spacial score (nSPS) is 9.38. The molecule has 1 aromatic carbocycles. The Balaban J connectivity index is 3.21. The van der Waals surface area contributed by atoms with Gasteiger partial charge in [-0.1, -0.05) is 6.07 Å². The Morgan fingerprint density at radius 2 is 2.31 bits per heavy atom. The Bertz CT molecular complexity index is 359. The van der Waals surface area contributed by atoms with E-state index < -0.39 is 0 Å². The summed E-state index contributed by atoms with van der Waals surface area (Å²) in [5, 5.41) is 8.57. The smallest absolute Gasteiger partial charge is 0.146 e. The van der Waals surface area contributed by atoms with Crippen molar-refractivity contribution in [2.24, 2.45) is 0 Å². The van der Waals surface area contributed by atoms with Gasteiger partial charge in [-0.2, -0.15) is 5.26 Å². The third kappa shape index (κ3) is 2.35. The van der Waals surface area contributed by atoms with Gasteiger partial charge in [-0.25, -0.2) is 0 Å². The summed E-state index contributed by atoms with van der Waals surface area (Å²) in [5.74, 6) is 0.799. The summed E-state index contributed by atoms with van der Waals surface area (Å²) in [6.45, 7) is 0. The molecule has 0 radical (unpaired) electrons. The number of rotatable bonds is 2. The van der Waals surface area contributed by atoms with E-state index in [1.54, 1.807) is 7.11 Å². The van der Waals surface area contributed by atoms with Gasteiger partial charge in [-0.3, -0.25) is 0 Å². The maximum Gasteiger partial charge on any atom is 0.146 e. The molecule has 0 aliphatic carbocycles. The number of nitrogens with zero attached hydrogens (tertiary/aromatic N) is 1. The van der Waals surface area contributed by atoms with E-state index in [2.05, 4.69) is 44.6 Å². The molecule has 0 N–H and O–H groups in total. The summed E-state index contributed by atoms with van der Waals surface area (Å²) in [6.07, 6.45) is 0.419. The zero-order valence-electron chi connectivity index (χ0n) is 6.97. The van der Waals surface area contributed by atoms with Crippen LogP contribution in [0.4, 0.5) is 0 Å². The van der Waals surface area contributed by atoms with Gasteiger partial charge in [0.15, 0.2) is 0 Å². The van der Waals surface area contributed by atoms with Crippen molar-refractivity contribution in [3.8, 4) is 11.8 Å². The van der Waals surface area contributed by atoms with Crippen molar-refractivity contribution in [2.45, 2.75) is 6.42 Å². The lowest BCUT2D eigenvalue weighted by atomic mass is 10.1. The molecule has 0 saturated heterocycles. The van der Waals surface area contributed by atoms with E-state index in [0.29, 0.717) is 6.42 Å². The highest BCUT2D eigenvalue weighted by molar-refractivity contribution is 14.1. The van der Waals surface area contributed by atoms with E-state index in [0.717, 1.165) is 19.4 Å². The van der Waals surface area contributed by atoms with Crippen LogP contribution in [0.25, 0.3) is 0 Å². The molecule has 0 aliphatic rings. The predicted octanol–water partition coefficient (Wildman–Crippen LogP) is 3.13. The summed E-state index contributed by atoms with van der Waals surface area (Å²) in [6, 6.07) is 5.94. The second kappa shape index (κ2) is 4.82. The third-order valence-corrected chi connectivity index (χ3v) is 3.41. The second-order valence-electron chi connectivity index (χ2n) is 2.39. The second-order valence-corrected chi connectivity index (χ2v) is 4.32. The zero-order valence-corrected chi connectivity index (χ0v) is 10.7. The lowest BCUT2D eigenvalue weighted by molar-refractivity contribution is 0.408. The minimum absolute atomic E-state index is 0.419. The van der Waals surface area contributed by atoms with Gasteiger partial charge in [0.2, 0.25) is 0 Å². The number of hydrogen-bond donors (Lipinski definition) is 0. The quantitative estimate of drug-likeness (QED) is 0.767. The van der Waals surface area contributed by atoms with Crippen molar-refractivity contribution in [1.29, 1.82) is 5.26 Å². The van der Waals surface area contributed by atoms with Crippen LogP contribution in [-0.2, 0) is 6.42 Å². The lowest BCUT2D eigenvalue weighted by Crippen LogP contribution is -1.93. The monoisotopic (exact) mass is 351 g/mol. The van der Waals surface area contributed by atoms with Crippen molar-refractivity contribution in [3.63, 3.8) is 0 Å². The number of halogens is 2. The molecule has 0 atom stereocenters. The van der Waals surface area contributed by atoms with Crippen LogP contribution in [0.3, 0.4) is 0 Å². The Labute approximate surface area is 99.2 Å². The number of methoxy groups -OCH3 is 1. The first-order valence-corrected chi connectivity index (χ1v) is 5.45. The molecule has 0 aromatic heterocycles. The molecule has 0 spiro atoms. The Morgan fingerprint density at radius 3 is 2.85 bits per heavy atom. The van der Waals surface area contributed by atoms with Crippen LogP contribution in [0.5, 0.6) is 5.75 Å². The van der Waals surface area contributed by atoms with Gasteiger partial charge in [-0.05, 0) is 50.2 Å². The minimum atomic E-state index is 0.419. The molecule has 0 saturated carbocycles. The van der Waals surface area contributed by atoms with Gasteiger partial charge in [0, 0.05) is 0 Å². The SMILES string of the molecule is COc1c(Br)ccc(CC#N)c1I. The Kier molecular flexibility index (Phi) is 4.00. The van der Waals surface area contributed by atoms with Crippen molar-refractivity contribution >= 4 is 38.5 Å². The average Bonchev–Trinajstić information content (AvgIpc) is 2.11. The molecule has 1 rings (SSSR count). The van der Waals surface area contributed by atoms with Crippen LogP contribution < -0.4 is 4.74 Å². The van der Waals surface area contributed by atoms with Crippen LogP contribution in [-0.4, -0.2) is 7.11 Å². The highest BCUT2D eigenvalue weighted by atomic mass is 127. The van der Waals surface area contributed by atoms with Crippen molar-refractivity contribution in [3.05, 3.63) is 25.7 Å². The third-order valence-electron chi connectivity index (χ3n) is 1.60. The summed E-state index contributed by atoms with van der Waals surface area (Å²) in [5.41, 5.74) is 1.00. The molecule has 68 valence electrons. The van der Waals surface area contributed by atoms with Crippen molar-refractivity contribution < 1.29 is 4.74 Å². The van der Waals surface area contributed by atoms with E-state index in [1.807, 2.05) is 12.1 Å². The first kappa shape index (κ1) is 10.8. The Morgan fingerprint density at radius 1 is 1.62 bits per heavy atom. The molecule has 0 fully saturated rings. The molecular formula is C9H7BrINO. The first-order valence-electron chi connectivity index (χ1n) is 3.58. The van der Waals surface area contributed by atoms with E-state index in [-0.39, 0.29) is 0 Å². The molecule has 0 amide bonds. The maximum atomic E-state index is 8.57. The number of nitriles is 1. The van der Waals surface area contributed by atoms with Crippen molar-refractivity contribution in [2.75, 3.05) is 7.11 Å². The fourth-order valence-corrected chi connectivity index (χ4v) is 2.73. The molecule has 0 heterocycles. The molecule has 2 nitrogen and oxygen atoms in total. The van der Waals surface area contributed by atoms with Crippen LogP contribution in [0, 0.1) is 14.9 Å². The standard InChI is InChI=1S/C9H7BrINO/c1-13-9-7(10)3-2-6(4-5-12)8(9)11/h2-3H,4H2,1H3. The van der Waals surface area contributed by atoms with E-state index in [4.69, 9.17) is 10.00 Å². The van der Waals surface area contributed by atoms with Gasteiger partial charge in [-0.15, -0.1) is 0 Å². The van der Waals surface area contributed by atoms with Crippen LogP contribution >= 0.6 is 38.5 Å². The highest BCUT2D eigenvalue weighted by Crippen LogP contribution is 2.32. The Hall–Kier alpha value is -0.280. The largest absolute Gasteiger partial charge is 0.494 e. The van der Waals surface area contributed by atoms with E-state index in [9.17, 15) is 0 Å². The van der Waals surface area contributed by atoms with E-state index >= 15 is 0 Å². The van der Waals surface area contributed by atoms with Crippen LogP contribution in [0.1, 0.15) is 5.56 Å². The van der Waals surface area contributed by atoms with Crippen LogP contribution in [0.2, 0.25) is 0 Å². The van der Waals surface area contributed by atoms with Crippen molar-refractivity contribution in [1.82, 2.24) is 0 Å². The molecular weight excluding hydrogens is 345 g/mol. The summed E-state index contributed by atoms with van der Waals surface area (Å²) < 4.78 is 7.11. The van der Waals surface area contributed by atoms with Gasteiger partial charge >= 0.3 is 0 Å². The first-order chi connectivity index (χ1) is 6.20. The number of hydrogen-bond acceptors (Lipinski definition) is 2. The maximum absolute atomic E-state index is 8.57. The van der Waals surface area contributed by atoms with E-state index in [1.165, 1.54) is 0 Å². The lowest BCUT2D eigenvalue weighted by Gasteiger charge is -2.08. The molecule has 0 aliphatic heterocycles. The van der Waals surface area contributed by atoms with Gasteiger partial charge < -0.3 is 4.74 Å². The zero-order chi connectivity index (χ0) is 9.84. The van der Waals surface area contributed by atoms with Gasteiger partial charge in [0.25, 0.3) is 0 Å². The minimum Gasteiger partial charge on any atom is -0.494 e. The fourth-order valence-electron chi connectivity index (χ4n) is 0.982. The molecule has 13 heavy (non-hydrogen) atoms. The number of ether oxygens (including phenoxy) is 1. The molecule has 1 aromatic rings. The highest BCUT2D eigenvalue weighted by Gasteiger charge is 2.09. The summed E-state index contributed by atoms with van der Waals surface area (Å²) in [7, 11) is 1.62. The van der Waals surface area contributed by atoms with Crippen LogP contribution in [0.15, 0.2) is 16.6 Å². The molecule has 0 unspecified atom stereocenters. The predicted molar refractivity (Wildman–Crippen MR) is 62.7 cm³/mol. The van der Waals surface area contributed by atoms with Gasteiger partial charge in [0.1, 0.15) is 5.75 Å². The van der Waals surface area contributed by atoms with Gasteiger partial charge in [0.05, 0.1) is 27.6 Å². The molecule has 0 bridgehead atoms. The average molecular weight is 352 g/mol. The number of benzene rings is 1. The molecule has 4 heteroatoms. The fraction of sp³-hybridized carbons (Fsp3) is 0.222.